The lowest BCUT2D eigenvalue weighted by molar-refractivity contribution is 0.698. The van der Waals surface area contributed by atoms with Gasteiger partial charge in [0.25, 0.3) is 0 Å². The standard InChI is InChI=1S/C10H18.C7H9N/c1-5-9(3)7-8-10(4)6-2;8-6-7-4-2-1-3-5-7/h5,7-8,10H,6H2,1-4H3;1-5H,6,8H2/b8-7-,9-5-;. The molecule has 0 aliphatic heterocycles. The van der Waals surface area contributed by atoms with Crippen molar-refractivity contribution in [2.24, 2.45) is 11.7 Å². The number of nitrogens with two attached hydrogens (primary N) is 1. The van der Waals surface area contributed by atoms with E-state index in [1.807, 2.05) is 30.3 Å². The van der Waals surface area contributed by atoms with E-state index >= 15 is 0 Å². The largest absolute Gasteiger partial charge is 0.326 e. The molecule has 0 aromatic heterocycles. The summed E-state index contributed by atoms with van der Waals surface area (Å²) in [6, 6.07) is 9.99. The molecular weight excluding hydrogens is 218 g/mol. The van der Waals surface area contributed by atoms with E-state index in [9.17, 15) is 0 Å². The highest BCUT2D eigenvalue weighted by Crippen LogP contribution is 2.04. The minimum Gasteiger partial charge on any atom is -0.326 e. The molecule has 1 aromatic carbocycles. The lowest BCUT2D eigenvalue weighted by atomic mass is 10.1. The summed E-state index contributed by atoms with van der Waals surface area (Å²) in [4.78, 5) is 0. The third-order valence-electron chi connectivity index (χ3n) is 2.87. The molecule has 1 nitrogen and oxygen atoms in total. The van der Waals surface area contributed by atoms with Crippen molar-refractivity contribution in [3.63, 3.8) is 0 Å². The van der Waals surface area contributed by atoms with Gasteiger partial charge in [-0.15, -0.1) is 0 Å². The zero-order valence-electron chi connectivity index (χ0n) is 12.2. The number of allylic oxidation sites excluding steroid dienone is 4. The second-order valence-electron chi connectivity index (χ2n) is 4.47. The Labute approximate surface area is 112 Å². The minimum absolute atomic E-state index is 0.640. The van der Waals surface area contributed by atoms with Gasteiger partial charge in [0.1, 0.15) is 0 Å². The first-order chi connectivity index (χ1) is 8.63. The minimum atomic E-state index is 0.640. The zero-order chi connectivity index (χ0) is 13.8. The van der Waals surface area contributed by atoms with Crippen LogP contribution in [0.1, 0.15) is 39.7 Å². The van der Waals surface area contributed by atoms with Gasteiger partial charge in [0, 0.05) is 6.54 Å². The van der Waals surface area contributed by atoms with Crippen LogP contribution in [0.3, 0.4) is 0 Å². The molecule has 0 spiro atoms. The normalized spacial score (nSPS) is 13.1. The summed E-state index contributed by atoms with van der Waals surface area (Å²) in [5.41, 5.74) is 7.88. The molecule has 0 fully saturated rings. The summed E-state index contributed by atoms with van der Waals surface area (Å²) in [6.07, 6.45) is 7.80. The van der Waals surface area contributed by atoms with Gasteiger partial charge in [-0.1, -0.05) is 74.4 Å². The maximum Gasteiger partial charge on any atom is 0.0178 e. The summed E-state index contributed by atoms with van der Waals surface area (Å²) in [5, 5.41) is 0. The van der Waals surface area contributed by atoms with E-state index in [4.69, 9.17) is 5.73 Å². The summed E-state index contributed by atoms with van der Waals surface area (Å²) in [6.45, 7) is 9.27. The van der Waals surface area contributed by atoms with Crippen LogP contribution in [0.25, 0.3) is 0 Å². The molecule has 0 amide bonds. The van der Waals surface area contributed by atoms with Crippen molar-refractivity contribution in [2.45, 2.75) is 40.7 Å². The van der Waals surface area contributed by atoms with Gasteiger partial charge >= 0.3 is 0 Å². The molecule has 0 saturated heterocycles. The van der Waals surface area contributed by atoms with Crippen molar-refractivity contribution in [1.82, 2.24) is 0 Å². The second kappa shape index (κ2) is 10.8. The van der Waals surface area contributed by atoms with Crippen LogP contribution in [0.4, 0.5) is 0 Å². The molecule has 1 atom stereocenters. The monoisotopic (exact) mass is 245 g/mol. The van der Waals surface area contributed by atoms with Crippen LogP contribution in [0.15, 0.2) is 54.1 Å². The fourth-order valence-corrected chi connectivity index (χ4v) is 1.16. The van der Waals surface area contributed by atoms with Crippen LogP contribution in [-0.4, -0.2) is 0 Å². The lowest BCUT2D eigenvalue weighted by Crippen LogP contribution is -1.94. The Bertz CT molecular complexity index is 349. The molecule has 1 heteroatoms. The molecule has 1 unspecified atom stereocenters. The molecule has 0 aliphatic carbocycles. The Hall–Kier alpha value is -1.34. The number of rotatable bonds is 4. The average molecular weight is 245 g/mol. The summed E-state index contributed by atoms with van der Waals surface area (Å²) in [7, 11) is 0. The van der Waals surface area contributed by atoms with E-state index in [2.05, 4.69) is 45.9 Å². The molecule has 0 bridgehead atoms. The highest BCUT2D eigenvalue weighted by molar-refractivity contribution is 5.15. The third kappa shape index (κ3) is 8.77. The third-order valence-corrected chi connectivity index (χ3v) is 2.87. The van der Waals surface area contributed by atoms with Gasteiger partial charge in [0.2, 0.25) is 0 Å². The molecule has 1 rings (SSSR count). The fraction of sp³-hybridized carbons (Fsp3) is 0.412. The van der Waals surface area contributed by atoms with Gasteiger partial charge in [-0.2, -0.15) is 0 Å². The molecule has 2 N–H and O–H groups in total. The number of benzene rings is 1. The Morgan fingerprint density at radius 3 is 2.28 bits per heavy atom. The Morgan fingerprint density at radius 2 is 1.89 bits per heavy atom. The van der Waals surface area contributed by atoms with Gasteiger partial charge < -0.3 is 5.73 Å². The zero-order valence-corrected chi connectivity index (χ0v) is 12.2. The number of hydrogen-bond acceptors (Lipinski definition) is 1. The van der Waals surface area contributed by atoms with Crippen LogP contribution in [0.2, 0.25) is 0 Å². The van der Waals surface area contributed by atoms with Crippen molar-refractivity contribution < 1.29 is 0 Å². The van der Waals surface area contributed by atoms with Gasteiger partial charge in [-0.05, 0) is 25.3 Å². The highest BCUT2D eigenvalue weighted by Gasteiger charge is 1.88. The first kappa shape index (κ1) is 16.7. The molecule has 0 aliphatic rings. The molecule has 0 saturated carbocycles. The molecule has 18 heavy (non-hydrogen) atoms. The molecular formula is C17H27N. The Balaban J connectivity index is 0.000000327. The van der Waals surface area contributed by atoms with E-state index < -0.39 is 0 Å². The van der Waals surface area contributed by atoms with Crippen LogP contribution in [-0.2, 0) is 6.54 Å². The quantitative estimate of drug-likeness (QED) is 0.764. The van der Waals surface area contributed by atoms with E-state index in [0.717, 1.165) is 5.92 Å². The van der Waals surface area contributed by atoms with Crippen LogP contribution in [0.5, 0.6) is 0 Å². The lowest BCUT2D eigenvalue weighted by Gasteiger charge is -1.98. The molecule has 100 valence electrons. The van der Waals surface area contributed by atoms with Crippen LogP contribution < -0.4 is 5.73 Å². The number of hydrogen-bond donors (Lipinski definition) is 1. The second-order valence-corrected chi connectivity index (χ2v) is 4.47. The van der Waals surface area contributed by atoms with Gasteiger partial charge in [0.15, 0.2) is 0 Å². The Morgan fingerprint density at radius 1 is 1.28 bits per heavy atom. The Kier molecular flexibility index (Phi) is 9.99. The smallest absolute Gasteiger partial charge is 0.0178 e. The summed E-state index contributed by atoms with van der Waals surface area (Å²) < 4.78 is 0. The van der Waals surface area contributed by atoms with Crippen molar-refractivity contribution in [1.29, 1.82) is 0 Å². The van der Waals surface area contributed by atoms with E-state index in [1.54, 1.807) is 0 Å². The van der Waals surface area contributed by atoms with Crippen molar-refractivity contribution in [3.8, 4) is 0 Å². The molecule has 0 heterocycles. The fourth-order valence-electron chi connectivity index (χ4n) is 1.16. The summed E-state index contributed by atoms with van der Waals surface area (Å²) >= 11 is 0. The van der Waals surface area contributed by atoms with Gasteiger partial charge in [-0.3, -0.25) is 0 Å². The first-order valence-electron chi connectivity index (χ1n) is 6.69. The predicted molar refractivity (Wildman–Crippen MR) is 82.4 cm³/mol. The maximum absolute atomic E-state index is 5.35. The van der Waals surface area contributed by atoms with Gasteiger partial charge in [-0.25, -0.2) is 0 Å². The molecule has 1 aromatic rings. The van der Waals surface area contributed by atoms with Crippen molar-refractivity contribution in [2.75, 3.05) is 0 Å². The van der Waals surface area contributed by atoms with Crippen LogP contribution >= 0.6 is 0 Å². The van der Waals surface area contributed by atoms with E-state index in [0.29, 0.717) is 6.54 Å². The van der Waals surface area contributed by atoms with Crippen LogP contribution in [0, 0.1) is 5.92 Å². The predicted octanol–water partition coefficient (Wildman–Crippen LogP) is 4.70. The van der Waals surface area contributed by atoms with E-state index in [1.165, 1.54) is 17.6 Å². The maximum atomic E-state index is 5.35. The highest BCUT2D eigenvalue weighted by atomic mass is 14.5. The first-order valence-corrected chi connectivity index (χ1v) is 6.69. The average Bonchev–Trinajstić information content (AvgIpc) is 2.45. The topological polar surface area (TPSA) is 26.0 Å². The summed E-state index contributed by atoms with van der Waals surface area (Å²) in [5.74, 6) is 0.717. The van der Waals surface area contributed by atoms with Crippen molar-refractivity contribution >= 4 is 0 Å². The van der Waals surface area contributed by atoms with E-state index in [-0.39, 0.29) is 0 Å². The van der Waals surface area contributed by atoms with Crippen molar-refractivity contribution in [3.05, 3.63) is 59.7 Å². The van der Waals surface area contributed by atoms with Gasteiger partial charge in [0.05, 0.1) is 0 Å². The molecule has 0 radical (unpaired) electrons. The SMILES string of the molecule is C/C=C(C)\C=C/C(C)CC.NCc1ccccc1.